The topological polar surface area (TPSA) is 43.6 Å². The molecule has 0 unspecified atom stereocenters. The summed E-state index contributed by atoms with van der Waals surface area (Å²) in [5, 5.41) is 9.23. The van der Waals surface area contributed by atoms with Crippen molar-refractivity contribution in [1.82, 2.24) is 19.5 Å². The third-order valence-electron chi connectivity index (χ3n) is 12.2. The molecule has 0 spiro atoms. The number of rotatable bonds is 3. The standard InChI is InChI=1S/C52H34N4/c1-52(2)43-26-24-31-13-8-9-18-36(31)47(43)39-25-23-35(28-44(39)52)37-20-12-21-38-41-27-33-16-6-7-17-34(33)29-46(41)56(50(37)38)51-54-48(32-14-4-3-5-15-32)42-30-53-45-22-11-10-19-40(45)49(42)55-51/h3-30H,1-2H3. The van der Waals surface area contributed by atoms with E-state index in [9.17, 15) is 0 Å². The molecule has 11 aromatic rings. The van der Waals surface area contributed by atoms with Gasteiger partial charge in [0.05, 0.1) is 27.8 Å². The van der Waals surface area contributed by atoms with Gasteiger partial charge in [0.15, 0.2) is 0 Å². The van der Waals surface area contributed by atoms with E-state index in [0.29, 0.717) is 5.95 Å². The maximum Gasteiger partial charge on any atom is 0.235 e. The summed E-state index contributed by atoms with van der Waals surface area (Å²) in [6, 6.07) is 59.2. The Morgan fingerprint density at radius 3 is 2.07 bits per heavy atom. The van der Waals surface area contributed by atoms with E-state index in [0.717, 1.165) is 49.7 Å². The van der Waals surface area contributed by atoms with Crippen LogP contribution >= 0.6 is 0 Å². The molecule has 0 N–H and O–H groups in total. The van der Waals surface area contributed by atoms with Gasteiger partial charge in [0.25, 0.3) is 0 Å². The Balaban J connectivity index is 1.19. The van der Waals surface area contributed by atoms with Crippen molar-refractivity contribution >= 4 is 65.2 Å². The van der Waals surface area contributed by atoms with Gasteiger partial charge in [0, 0.05) is 44.3 Å². The van der Waals surface area contributed by atoms with Crippen molar-refractivity contribution in [1.29, 1.82) is 0 Å². The van der Waals surface area contributed by atoms with Gasteiger partial charge in [-0.15, -0.1) is 0 Å². The molecule has 8 aromatic carbocycles. The molecule has 4 heteroatoms. The Bertz CT molecular complexity index is 3450. The fourth-order valence-electron chi connectivity index (χ4n) is 9.49. The van der Waals surface area contributed by atoms with Crippen LogP contribution in [0.5, 0.6) is 0 Å². The van der Waals surface area contributed by atoms with Crippen LogP contribution in [0.4, 0.5) is 0 Å². The van der Waals surface area contributed by atoms with Gasteiger partial charge in [-0.05, 0) is 73.6 Å². The molecule has 3 aromatic heterocycles. The van der Waals surface area contributed by atoms with E-state index in [1.807, 2.05) is 18.3 Å². The van der Waals surface area contributed by atoms with Crippen LogP contribution < -0.4 is 0 Å². The van der Waals surface area contributed by atoms with E-state index in [4.69, 9.17) is 15.0 Å². The zero-order valence-electron chi connectivity index (χ0n) is 31.0. The monoisotopic (exact) mass is 714 g/mol. The predicted molar refractivity (Wildman–Crippen MR) is 233 cm³/mol. The summed E-state index contributed by atoms with van der Waals surface area (Å²) in [6.45, 7) is 4.74. The van der Waals surface area contributed by atoms with Crippen LogP contribution in [0.25, 0.3) is 105 Å². The Kier molecular flexibility index (Phi) is 6.37. The number of nitrogens with zero attached hydrogens (tertiary/aromatic N) is 4. The molecule has 4 nitrogen and oxygen atoms in total. The number of hydrogen-bond donors (Lipinski definition) is 0. The molecule has 0 radical (unpaired) electrons. The first-order valence-electron chi connectivity index (χ1n) is 19.3. The van der Waals surface area contributed by atoms with Crippen molar-refractivity contribution in [3.8, 4) is 39.5 Å². The molecular formula is C52H34N4. The summed E-state index contributed by atoms with van der Waals surface area (Å²) < 4.78 is 2.31. The minimum Gasteiger partial charge on any atom is -0.277 e. The third kappa shape index (κ3) is 4.32. The number of benzene rings is 8. The summed E-state index contributed by atoms with van der Waals surface area (Å²) in [5.41, 5.74) is 13.4. The van der Waals surface area contributed by atoms with Gasteiger partial charge in [-0.3, -0.25) is 9.55 Å². The zero-order valence-corrected chi connectivity index (χ0v) is 31.0. The van der Waals surface area contributed by atoms with E-state index in [2.05, 4.69) is 170 Å². The number of para-hydroxylation sites is 2. The zero-order chi connectivity index (χ0) is 37.1. The first-order chi connectivity index (χ1) is 27.5. The SMILES string of the molecule is CC1(C)c2cc(-c3cccc4c5cc6ccccc6cc5n(-c5nc(-c6ccccc6)c6cnc7ccccc7c6n5)c34)ccc2-c2c1ccc1ccccc21. The molecule has 0 bridgehead atoms. The molecule has 262 valence electrons. The summed E-state index contributed by atoms with van der Waals surface area (Å²) in [6.07, 6.45) is 1.93. The highest BCUT2D eigenvalue weighted by Gasteiger charge is 2.37. The van der Waals surface area contributed by atoms with Gasteiger partial charge in [-0.1, -0.05) is 153 Å². The molecule has 56 heavy (non-hydrogen) atoms. The van der Waals surface area contributed by atoms with Gasteiger partial charge in [-0.25, -0.2) is 9.97 Å². The van der Waals surface area contributed by atoms with Crippen LogP contribution in [0.3, 0.4) is 0 Å². The van der Waals surface area contributed by atoms with Crippen molar-refractivity contribution in [2.45, 2.75) is 19.3 Å². The highest BCUT2D eigenvalue weighted by molar-refractivity contribution is 6.17. The van der Waals surface area contributed by atoms with E-state index in [-0.39, 0.29) is 5.41 Å². The van der Waals surface area contributed by atoms with E-state index >= 15 is 0 Å². The van der Waals surface area contributed by atoms with Crippen molar-refractivity contribution in [2.24, 2.45) is 0 Å². The lowest BCUT2D eigenvalue weighted by molar-refractivity contribution is 0.661. The summed E-state index contributed by atoms with van der Waals surface area (Å²) in [4.78, 5) is 15.8. The average molecular weight is 715 g/mol. The van der Waals surface area contributed by atoms with Gasteiger partial charge >= 0.3 is 0 Å². The third-order valence-corrected chi connectivity index (χ3v) is 12.2. The van der Waals surface area contributed by atoms with Crippen molar-refractivity contribution in [3.05, 3.63) is 181 Å². The van der Waals surface area contributed by atoms with E-state index in [1.165, 1.54) is 60.1 Å². The van der Waals surface area contributed by atoms with Gasteiger partial charge < -0.3 is 0 Å². The van der Waals surface area contributed by atoms with Crippen LogP contribution in [0.1, 0.15) is 25.0 Å². The minimum atomic E-state index is -0.163. The summed E-state index contributed by atoms with van der Waals surface area (Å²) >= 11 is 0. The molecule has 0 saturated carbocycles. The molecule has 1 aliphatic rings. The summed E-state index contributed by atoms with van der Waals surface area (Å²) in [5.74, 6) is 0.635. The maximum absolute atomic E-state index is 5.50. The number of hydrogen-bond acceptors (Lipinski definition) is 3. The van der Waals surface area contributed by atoms with Crippen molar-refractivity contribution in [3.63, 3.8) is 0 Å². The van der Waals surface area contributed by atoms with Gasteiger partial charge in [0.2, 0.25) is 5.95 Å². The lowest BCUT2D eigenvalue weighted by Gasteiger charge is -2.22. The van der Waals surface area contributed by atoms with Crippen LogP contribution in [0, 0.1) is 0 Å². The fraction of sp³-hybridized carbons (Fsp3) is 0.0577. The smallest absolute Gasteiger partial charge is 0.235 e. The van der Waals surface area contributed by atoms with Crippen molar-refractivity contribution in [2.75, 3.05) is 0 Å². The number of pyridine rings is 1. The Hall–Kier alpha value is -7.17. The minimum absolute atomic E-state index is 0.163. The summed E-state index contributed by atoms with van der Waals surface area (Å²) in [7, 11) is 0. The molecule has 0 fully saturated rings. The van der Waals surface area contributed by atoms with Crippen LogP contribution in [-0.4, -0.2) is 19.5 Å². The van der Waals surface area contributed by atoms with Crippen LogP contribution in [0.15, 0.2) is 170 Å². The van der Waals surface area contributed by atoms with E-state index in [1.54, 1.807) is 0 Å². The normalized spacial score (nSPS) is 13.3. The average Bonchev–Trinajstić information content (AvgIpc) is 3.70. The highest BCUT2D eigenvalue weighted by Crippen LogP contribution is 2.52. The lowest BCUT2D eigenvalue weighted by atomic mass is 9.81. The fourth-order valence-corrected chi connectivity index (χ4v) is 9.49. The second-order valence-electron chi connectivity index (χ2n) is 15.6. The highest BCUT2D eigenvalue weighted by atomic mass is 15.2. The Morgan fingerprint density at radius 2 is 1.21 bits per heavy atom. The number of fused-ring (bicyclic) bond motifs is 12. The van der Waals surface area contributed by atoms with Crippen LogP contribution in [-0.2, 0) is 5.41 Å². The maximum atomic E-state index is 5.50. The van der Waals surface area contributed by atoms with Gasteiger partial charge in [0.1, 0.15) is 0 Å². The molecule has 3 heterocycles. The second kappa shape index (κ2) is 11.4. The van der Waals surface area contributed by atoms with E-state index < -0.39 is 0 Å². The van der Waals surface area contributed by atoms with Crippen LogP contribution in [0.2, 0.25) is 0 Å². The molecule has 0 aliphatic heterocycles. The molecule has 1 aliphatic carbocycles. The Labute approximate surface area is 323 Å². The van der Waals surface area contributed by atoms with Crippen molar-refractivity contribution < 1.29 is 0 Å². The molecule has 0 atom stereocenters. The predicted octanol–water partition coefficient (Wildman–Crippen LogP) is 13.2. The second-order valence-corrected chi connectivity index (χ2v) is 15.6. The van der Waals surface area contributed by atoms with Gasteiger partial charge in [-0.2, -0.15) is 0 Å². The molecule has 12 rings (SSSR count). The largest absolute Gasteiger partial charge is 0.277 e. The molecule has 0 saturated heterocycles. The molecular weight excluding hydrogens is 681 g/mol. The first kappa shape index (κ1) is 31.2. The quantitative estimate of drug-likeness (QED) is 0.171. The lowest BCUT2D eigenvalue weighted by Crippen LogP contribution is -2.15. The number of aromatic nitrogens is 4. The molecule has 0 amide bonds. The first-order valence-corrected chi connectivity index (χ1v) is 19.3. The Morgan fingerprint density at radius 1 is 0.482 bits per heavy atom.